The molecule has 2 N–H and O–H groups in total. The van der Waals surface area contributed by atoms with Gasteiger partial charge in [-0.05, 0) is 173 Å². The number of anilines is 2. The van der Waals surface area contributed by atoms with Gasteiger partial charge in [0.25, 0.3) is 11.8 Å². The Kier molecular flexibility index (Phi) is 16.0. The van der Waals surface area contributed by atoms with Crippen LogP contribution >= 0.6 is 63.7 Å². The fourth-order valence-corrected chi connectivity index (χ4v) is 9.68. The summed E-state index contributed by atoms with van der Waals surface area (Å²) in [4.78, 5) is 58.7. The summed E-state index contributed by atoms with van der Waals surface area (Å²) >= 11 is 14.3. The van der Waals surface area contributed by atoms with E-state index in [0.717, 1.165) is 5.56 Å². The van der Waals surface area contributed by atoms with Gasteiger partial charge in [-0.15, -0.1) is 0 Å². The lowest BCUT2D eigenvalue weighted by Gasteiger charge is -2.29. The van der Waals surface area contributed by atoms with Crippen molar-refractivity contribution in [2.24, 2.45) is 0 Å². The van der Waals surface area contributed by atoms with Crippen molar-refractivity contribution >= 4 is 98.8 Å². The molecule has 0 aliphatic rings. The number of aryl methyl sites for hydroxylation is 1. The number of ether oxygens (including phenoxy) is 3. The molecule has 0 aliphatic carbocycles. The van der Waals surface area contributed by atoms with Crippen LogP contribution in [-0.4, -0.2) is 46.6 Å². The second kappa shape index (κ2) is 22.0. The van der Waals surface area contributed by atoms with Crippen LogP contribution in [0.2, 0.25) is 0 Å². The highest BCUT2D eigenvalue weighted by atomic mass is 79.9. The number of amides is 2. The van der Waals surface area contributed by atoms with Gasteiger partial charge < -0.3 is 24.4 Å². The maximum atomic E-state index is 14.3. The molecule has 11 nitrogen and oxygen atoms in total. The third-order valence-electron chi connectivity index (χ3n) is 10.5. The van der Waals surface area contributed by atoms with Gasteiger partial charge in [-0.2, -0.15) is 0 Å². The van der Waals surface area contributed by atoms with Crippen molar-refractivity contribution in [1.82, 2.24) is 0 Å². The molecule has 1 atom stereocenters. The molecule has 0 saturated carbocycles. The molecule has 1 unspecified atom stereocenters. The maximum absolute atomic E-state index is 14.3. The quantitative estimate of drug-likeness (QED) is 0.0757. The Bertz CT molecular complexity index is 2910. The summed E-state index contributed by atoms with van der Waals surface area (Å²) in [5, 5.41) is 20.8. The first-order chi connectivity index (χ1) is 32.2. The number of hydrogen-bond acceptors (Lipinski definition) is 9. The van der Waals surface area contributed by atoms with Crippen LogP contribution in [0.3, 0.4) is 0 Å². The third-order valence-corrected chi connectivity index (χ3v) is 12.8. The molecule has 7 aromatic rings. The minimum atomic E-state index is -1.37. The van der Waals surface area contributed by atoms with Gasteiger partial charge in [0.2, 0.25) is 0 Å². The van der Waals surface area contributed by atoms with Crippen molar-refractivity contribution in [1.29, 1.82) is 0 Å². The van der Waals surface area contributed by atoms with Crippen LogP contribution in [-0.2, 0) is 27.2 Å². The van der Waals surface area contributed by atoms with Crippen LogP contribution in [0, 0.1) is 0 Å². The number of hydrogen-bond donors (Lipinski definition) is 2. The van der Waals surface area contributed by atoms with Gasteiger partial charge in [0.05, 0.1) is 17.9 Å². The van der Waals surface area contributed by atoms with E-state index in [4.69, 9.17) is 14.2 Å². The molecule has 0 saturated heterocycles. The zero-order valence-corrected chi connectivity index (χ0v) is 42.1. The summed E-state index contributed by atoms with van der Waals surface area (Å²) in [6.45, 7) is 2.65. The number of phenolic OH excluding ortho intramolecular Hbond substituents is 2. The lowest BCUT2D eigenvalue weighted by atomic mass is 10.0. The molecule has 0 aromatic heterocycles. The van der Waals surface area contributed by atoms with E-state index < -0.39 is 36.3 Å². The molecule has 2 amide bonds. The van der Waals surface area contributed by atoms with E-state index >= 15 is 0 Å². The summed E-state index contributed by atoms with van der Waals surface area (Å²) < 4.78 is 19.6. The van der Waals surface area contributed by atoms with Gasteiger partial charge in [-0.25, -0.2) is 9.59 Å². The number of carbonyl (C=O) groups excluding carboxylic acids is 4. The average molecular weight is 1160 g/mol. The number of esters is 2. The predicted molar refractivity (Wildman–Crippen MR) is 271 cm³/mol. The average Bonchev–Trinajstić information content (AvgIpc) is 3.32. The van der Waals surface area contributed by atoms with E-state index in [1.54, 1.807) is 121 Å². The van der Waals surface area contributed by atoms with E-state index in [1.807, 2.05) is 37.3 Å². The molecular weight excluding hydrogens is 1120 g/mol. The lowest BCUT2D eigenvalue weighted by molar-refractivity contribution is -0.159. The molecule has 7 rings (SSSR count). The molecule has 340 valence electrons. The minimum absolute atomic E-state index is 0.119. The Balaban J connectivity index is 1.14. The van der Waals surface area contributed by atoms with Gasteiger partial charge >= 0.3 is 11.9 Å². The number of nitrogens with zero attached hydrogens (tertiary/aromatic N) is 2. The van der Waals surface area contributed by atoms with E-state index in [2.05, 4.69) is 63.7 Å². The van der Waals surface area contributed by atoms with E-state index in [9.17, 15) is 29.4 Å². The number of carbonyl (C=O) groups is 4. The van der Waals surface area contributed by atoms with Crippen molar-refractivity contribution in [2.75, 3.05) is 16.3 Å². The number of benzene rings is 7. The van der Waals surface area contributed by atoms with Crippen LogP contribution in [0.15, 0.2) is 170 Å². The Labute approximate surface area is 420 Å². The maximum Gasteiger partial charge on any atom is 0.336 e. The standard InChI is InChI=1S/C52H40Br4N2O9/c1-3-33-24-39(19-21-45(33)59)65-48-41(53)26-37(27-42(48)54)57(50(62)34-15-9-5-10-16-34)30-47(61)67-52(64)31(2)58(51(63)35-17-11-6-12-18-35)38-28-43(55)49(44(56)29-38)66-40-20-22-46(60)36(25-40)23-32-13-7-4-8-14-32/h4-22,24-29,31,59-60H,3,23,30H2,1-2H3. The Morgan fingerprint density at radius 3 is 1.52 bits per heavy atom. The van der Waals surface area contributed by atoms with Gasteiger partial charge in [0.1, 0.15) is 35.6 Å². The summed E-state index contributed by atoms with van der Waals surface area (Å²) in [6, 6.07) is 41.2. The lowest BCUT2D eigenvalue weighted by Crippen LogP contribution is -2.46. The van der Waals surface area contributed by atoms with E-state index in [0.29, 0.717) is 64.9 Å². The highest BCUT2D eigenvalue weighted by molar-refractivity contribution is 9.11. The smallest absolute Gasteiger partial charge is 0.336 e. The second-order valence-corrected chi connectivity index (χ2v) is 18.5. The van der Waals surface area contributed by atoms with Crippen LogP contribution in [0.5, 0.6) is 34.5 Å². The topological polar surface area (TPSA) is 143 Å². The van der Waals surface area contributed by atoms with Crippen LogP contribution < -0.4 is 19.3 Å². The fraction of sp³-hybridized carbons (Fsp3) is 0.115. The first-order valence-corrected chi connectivity index (χ1v) is 23.9. The Hall–Kier alpha value is -6.26. The normalized spacial score (nSPS) is 11.3. The van der Waals surface area contributed by atoms with Crippen LogP contribution in [0.4, 0.5) is 11.4 Å². The number of halogens is 4. The van der Waals surface area contributed by atoms with Crippen molar-refractivity contribution in [2.45, 2.75) is 32.7 Å². The minimum Gasteiger partial charge on any atom is -0.508 e. The van der Waals surface area contributed by atoms with Gasteiger partial charge in [0, 0.05) is 34.5 Å². The third kappa shape index (κ3) is 11.8. The number of rotatable bonds is 15. The monoisotopic (exact) mass is 1150 g/mol. The van der Waals surface area contributed by atoms with Crippen molar-refractivity contribution in [3.63, 3.8) is 0 Å². The highest BCUT2D eigenvalue weighted by Gasteiger charge is 2.33. The van der Waals surface area contributed by atoms with Crippen molar-refractivity contribution < 1.29 is 43.6 Å². The summed E-state index contributed by atoms with van der Waals surface area (Å²) in [5.74, 6) is -1.37. The van der Waals surface area contributed by atoms with Gasteiger partial charge in [-0.1, -0.05) is 73.7 Å². The number of phenols is 2. The summed E-state index contributed by atoms with van der Waals surface area (Å²) in [5.41, 5.74) is 3.39. The zero-order chi connectivity index (χ0) is 47.8. The van der Waals surface area contributed by atoms with Crippen LogP contribution in [0.1, 0.15) is 51.3 Å². The van der Waals surface area contributed by atoms with Crippen molar-refractivity contribution in [3.05, 3.63) is 197 Å². The summed E-state index contributed by atoms with van der Waals surface area (Å²) in [7, 11) is 0. The van der Waals surface area contributed by atoms with Crippen LogP contribution in [0.25, 0.3) is 0 Å². The Morgan fingerprint density at radius 2 is 1.01 bits per heavy atom. The molecule has 0 spiro atoms. The predicted octanol–water partition coefficient (Wildman–Crippen LogP) is 13.3. The van der Waals surface area contributed by atoms with Gasteiger partial charge in [-0.3, -0.25) is 19.4 Å². The first-order valence-electron chi connectivity index (χ1n) is 20.7. The molecule has 0 radical (unpaired) electrons. The summed E-state index contributed by atoms with van der Waals surface area (Å²) in [6.07, 6.45) is 1.05. The van der Waals surface area contributed by atoms with E-state index in [1.165, 1.54) is 16.7 Å². The SMILES string of the molecule is CCc1cc(Oc2c(Br)cc(N(CC(=O)OC(=O)C(C)N(C(=O)c3ccccc3)c3cc(Br)c(Oc4ccc(O)c(Cc5ccccc5)c4)c(Br)c3)C(=O)c3ccccc3)cc2Br)ccc1O. The molecule has 0 heterocycles. The molecule has 7 aromatic carbocycles. The molecule has 15 heteroatoms. The van der Waals surface area contributed by atoms with E-state index in [-0.39, 0.29) is 34.0 Å². The molecule has 0 fully saturated rings. The Morgan fingerprint density at radius 1 is 0.567 bits per heavy atom. The fourth-order valence-electron chi connectivity index (χ4n) is 7.03. The zero-order valence-electron chi connectivity index (χ0n) is 35.8. The largest absolute Gasteiger partial charge is 0.508 e. The second-order valence-electron chi connectivity index (χ2n) is 15.0. The number of aromatic hydroxyl groups is 2. The van der Waals surface area contributed by atoms with Gasteiger partial charge in [0.15, 0.2) is 11.5 Å². The molecular formula is C52H40Br4N2O9. The molecule has 0 aliphatic heterocycles. The van der Waals surface area contributed by atoms with Crippen molar-refractivity contribution in [3.8, 4) is 34.5 Å². The highest BCUT2D eigenvalue weighted by Crippen LogP contribution is 2.43. The molecule has 0 bridgehead atoms. The molecule has 67 heavy (non-hydrogen) atoms. The first kappa shape index (κ1) is 48.7.